The molecule has 0 aliphatic heterocycles. The summed E-state index contributed by atoms with van der Waals surface area (Å²) in [5.74, 6) is 12.0. The summed E-state index contributed by atoms with van der Waals surface area (Å²) in [7, 11) is 0. The average molecular weight is 310 g/mol. The normalized spacial score (nSPS) is 10.2. The molecule has 0 aliphatic rings. The molecule has 4 heteroatoms. The predicted molar refractivity (Wildman–Crippen MR) is 95.0 cm³/mol. The highest BCUT2D eigenvalue weighted by Crippen LogP contribution is 2.11. The van der Waals surface area contributed by atoms with Crippen LogP contribution in [-0.4, -0.2) is 19.1 Å². The SMILES string of the molecule is C(C#CCn1cnc2ccccc21)#CCn1cnc2ccccc21. The van der Waals surface area contributed by atoms with E-state index in [1.807, 2.05) is 70.3 Å². The Balaban J connectivity index is 1.43. The molecule has 0 saturated heterocycles. The van der Waals surface area contributed by atoms with Crippen molar-refractivity contribution in [2.24, 2.45) is 0 Å². The fraction of sp³-hybridized carbons (Fsp3) is 0.100. The Kier molecular flexibility index (Phi) is 3.72. The minimum atomic E-state index is 0.587. The molecule has 0 saturated carbocycles. The Morgan fingerprint density at radius 1 is 0.667 bits per heavy atom. The van der Waals surface area contributed by atoms with Crippen molar-refractivity contribution in [3.05, 3.63) is 61.2 Å². The van der Waals surface area contributed by atoms with Crippen molar-refractivity contribution in [3.63, 3.8) is 0 Å². The highest BCUT2D eigenvalue weighted by molar-refractivity contribution is 5.75. The van der Waals surface area contributed by atoms with E-state index >= 15 is 0 Å². The molecule has 0 spiro atoms. The number of aromatic nitrogens is 4. The molecule has 0 bridgehead atoms. The van der Waals surface area contributed by atoms with Crippen molar-refractivity contribution in [2.75, 3.05) is 0 Å². The summed E-state index contributed by atoms with van der Waals surface area (Å²) in [4.78, 5) is 8.69. The monoisotopic (exact) mass is 310 g/mol. The minimum absolute atomic E-state index is 0.587. The molecule has 2 heterocycles. The van der Waals surface area contributed by atoms with E-state index in [1.165, 1.54) is 0 Å². The van der Waals surface area contributed by atoms with Crippen LogP contribution in [0.3, 0.4) is 0 Å². The smallest absolute Gasteiger partial charge is 0.0966 e. The maximum Gasteiger partial charge on any atom is 0.0966 e. The van der Waals surface area contributed by atoms with Crippen LogP contribution in [0, 0.1) is 23.7 Å². The van der Waals surface area contributed by atoms with Crippen molar-refractivity contribution >= 4 is 22.1 Å². The summed E-state index contributed by atoms with van der Waals surface area (Å²) in [5.41, 5.74) is 4.14. The molecule has 0 aliphatic carbocycles. The summed E-state index contributed by atoms with van der Waals surface area (Å²) in [6.45, 7) is 1.17. The number of benzene rings is 2. The molecule has 0 N–H and O–H groups in total. The molecule has 4 aromatic rings. The van der Waals surface area contributed by atoms with E-state index in [1.54, 1.807) is 0 Å². The van der Waals surface area contributed by atoms with Crippen LogP contribution in [0.5, 0.6) is 0 Å². The van der Waals surface area contributed by atoms with Gasteiger partial charge in [-0.15, -0.1) is 0 Å². The first kappa shape index (κ1) is 14.1. The standard InChI is InChI=1S/C20H14N4/c1(7-13-23-15-21-17-9-3-5-11-19(17)23)2-8-14-24-16-22-18-10-4-6-12-20(18)24/h3-6,9-12,15-16H,13-14H2. The minimum Gasteiger partial charge on any atom is -0.319 e. The van der Waals surface area contributed by atoms with E-state index in [0.717, 1.165) is 22.1 Å². The fourth-order valence-electron chi connectivity index (χ4n) is 2.61. The van der Waals surface area contributed by atoms with Crippen LogP contribution in [0.2, 0.25) is 0 Å². The van der Waals surface area contributed by atoms with Gasteiger partial charge in [-0.05, 0) is 36.1 Å². The molecular formula is C20H14N4. The van der Waals surface area contributed by atoms with Gasteiger partial charge in [0.2, 0.25) is 0 Å². The van der Waals surface area contributed by atoms with E-state index in [-0.39, 0.29) is 0 Å². The summed E-state index contributed by atoms with van der Waals surface area (Å²) in [6.07, 6.45) is 3.62. The molecule has 0 atom stereocenters. The molecular weight excluding hydrogens is 296 g/mol. The van der Waals surface area contributed by atoms with Crippen LogP contribution in [-0.2, 0) is 13.1 Å². The van der Waals surface area contributed by atoms with Gasteiger partial charge < -0.3 is 9.13 Å². The van der Waals surface area contributed by atoms with Gasteiger partial charge in [-0.25, -0.2) is 9.97 Å². The highest BCUT2D eigenvalue weighted by atomic mass is 15.0. The molecule has 2 aromatic heterocycles. The molecule has 0 amide bonds. The number of rotatable bonds is 2. The maximum atomic E-state index is 4.35. The van der Waals surface area contributed by atoms with Crippen LogP contribution in [0.4, 0.5) is 0 Å². The third-order valence-corrected chi connectivity index (χ3v) is 3.79. The molecule has 0 unspecified atom stereocenters. The van der Waals surface area contributed by atoms with Gasteiger partial charge in [0, 0.05) is 0 Å². The molecule has 0 fully saturated rings. The number of imidazole rings is 2. The van der Waals surface area contributed by atoms with Gasteiger partial charge >= 0.3 is 0 Å². The summed E-state index contributed by atoms with van der Waals surface area (Å²) in [6, 6.07) is 16.0. The Morgan fingerprint density at radius 3 is 1.62 bits per heavy atom. The molecule has 4 rings (SSSR count). The van der Waals surface area contributed by atoms with Crippen LogP contribution >= 0.6 is 0 Å². The lowest BCUT2D eigenvalue weighted by Crippen LogP contribution is -1.93. The van der Waals surface area contributed by atoms with Crippen molar-refractivity contribution in [2.45, 2.75) is 13.1 Å². The zero-order chi connectivity index (χ0) is 16.2. The largest absolute Gasteiger partial charge is 0.319 e. The number of nitrogens with zero attached hydrogens (tertiary/aromatic N) is 4. The second-order valence-corrected chi connectivity index (χ2v) is 5.33. The summed E-state index contributed by atoms with van der Waals surface area (Å²) in [5, 5.41) is 0. The Bertz CT molecular complexity index is 1030. The molecule has 4 nitrogen and oxygen atoms in total. The van der Waals surface area contributed by atoms with E-state index < -0.39 is 0 Å². The van der Waals surface area contributed by atoms with E-state index in [9.17, 15) is 0 Å². The third kappa shape index (κ3) is 2.74. The second-order valence-electron chi connectivity index (χ2n) is 5.33. The number of fused-ring (bicyclic) bond motifs is 2. The highest BCUT2D eigenvalue weighted by Gasteiger charge is 1.99. The zero-order valence-electron chi connectivity index (χ0n) is 13.0. The quantitative estimate of drug-likeness (QED) is 0.533. The topological polar surface area (TPSA) is 35.6 Å². The van der Waals surface area contributed by atoms with E-state index in [2.05, 4.69) is 33.6 Å². The van der Waals surface area contributed by atoms with E-state index in [4.69, 9.17) is 0 Å². The van der Waals surface area contributed by atoms with Gasteiger partial charge in [-0.3, -0.25) is 0 Å². The summed E-state index contributed by atoms with van der Waals surface area (Å²) < 4.78 is 4.04. The Morgan fingerprint density at radius 2 is 1.12 bits per heavy atom. The fourth-order valence-corrected chi connectivity index (χ4v) is 2.61. The number of hydrogen-bond donors (Lipinski definition) is 0. The van der Waals surface area contributed by atoms with Crippen molar-refractivity contribution in [1.82, 2.24) is 19.1 Å². The second kappa shape index (κ2) is 6.32. The number of para-hydroxylation sites is 4. The average Bonchev–Trinajstić information content (AvgIpc) is 3.22. The first-order valence-corrected chi connectivity index (χ1v) is 7.67. The van der Waals surface area contributed by atoms with Crippen LogP contribution < -0.4 is 0 Å². The van der Waals surface area contributed by atoms with E-state index in [0.29, 0.717) is 13.1 Å². The Hall–Kier alpha value is -3.50. The predicted octanol–water partition coefficient (Wildman–Crippen LogP) is 3.09. The lowest BCUT2D eigenvalue weighted by Gasteiger charge is -1.96. The van der Waals surface area contributed by atoms with Gasteiger partial charge in [0.25, 0.3) is 0 Å². The lowest BCUT2D eigenvalue weighted by molar-refractivity contribution is 0.869. The van der Waals surface area contributed by atoms with Gasteiger partial charge in [0.05, 0.1) is 47.8 Å². The lowest BCUT2D eigenvalue weighted by atomic mass is 10.3. The number of hydrogen-bond acceptors (Lipinski definition) is 2. The van der Waals surface area contributed by atoms with Gasteiger partial charge in [0.15, 0.2) is 0 Å². The molecule has 24 heavy (non-hydrogen) atoms. The molecule has 0 radical (unpaired) electrons. The van der Waals surface area contributed by atoms with Gasteiger partial charge in [-0.1, -0.05) is 36.1 Å². The Labute approximate surface area is 139 Å². The molecule has 2 aromatic carbocycles. The van der Waals surface area contributed by atoms with Gasteiger partial charge in [0.1, 0.15) is 0 Å². The first-order valence-electron chi connectivity index (χ1n) is 7.67. The third-order valence-electron chi connectivity index (χ3n) is 3.79. The summed E-state index contributed by atoms with van der Waals surface area (Å²) >= 11 is 0. The van der Waals surface area contributed by atoms with Crippen LogP contribution in [0.25, 0.3) is 22.1 Å². The van der Waals surface area contributed by atoms with Crippen molar-refractivity contribution in [1.29, 1.82) is 0 Å². The molecule has 114 valence electrons. The van der Waals surface area contributed by atoms with Crippen LogP contribution in [0.15, 0.2) is 61.2 Å². The van der Waals surface area contributed by atoms with Gasteiger partial charge in [-0.2, -0.15) is 0 Å². The van der Waals surface area contributed by atoms with Crippen molar-refractivity contribution < 1.29 is 0 Å². The zero-order valence-corrected chi connectivity index (χ0v) is 13.0. The first-order chi connectivity index (χ1) is 11.9. The van der Waals surface area contributed by atoms with Crippen molar-refractivity contribution in [3.8, 4) is 23.7 Å². The van der Waals surface area contributed by atoms with Crippen LogP contribution in [0.1, 0.15) is 0 Å². The maximum absolute atomic E-state index is 4.35.